The van der Waals surface area contributed by atoms with Crippen LogP contribution in [0.4, 0.5) is 14.5 Å². The maximum atomic E-state index is 14.7. The van der Waals surface area contributed by atoms with Gasteiger partial charge in [-0.3, -0.25) is 14.5 Å². The topological polar surface area (TPSA) is 57.6 Å². The van der Waals surface area contributed by atoms with Crippen LogP contribution < -0.4 is 4.90 Å². The van der Waals surface area contributed by atoms with Crippen LogP contribution in [-0.4, -0.2) is 16.8 Å². The number of hydrogen-bond acceptors (Lipinski definition) is 3. The molecule has 1 aliphatic rings. The van der Waals surface area contributed by atoms with E-state index in [0.717, 1.165) is 11.0 Å². The van der Waals surface area contributed by atoms with Gasteiger partial charge in [0.05, 0.1) is 11.6 Å². The van der Waals surface area contributed by atoms with Crippen LogP contribution in [0.2, 0.25) is 0 Å². The van der Waals surface area contributed by atoms with E-state index in [-0.39, 0.29) is 16.8 Å². The molecule has 6 heteroatoms. The van der Waals surface area contributed by atoms with Gasteiger partial charge in [0.15, 0.2) is 0 Å². The molecule has 4 nitrogen and oxygen atoms in total. The molecule has 0 saturated carbocycles. The van der Waals surface area contributed by atoms with Crippen molar-refractivity contribution in [1.29, 1.82) is 0 Å². The van der Waals surface area contributed by atoms with Crippen molar-refractivity contribution < 1.29 is 23.5 Å². The van der Waals surface area contributed by atoms with Gasteiger partial charge in [-0.15, -0.1) is 0 Å². The highest BCUT2D eigenvalue weighted by Crippen LogP contribution is 2.42. The molecule has 1 heterocycles. The molecule has 0 radical (unpaired) electrons. The first-order chi connectivity index (χ1) is 14.0. The van der Waals surface area contributed by atoms with E-state index in [1.807, 2.05) is 0 Å². The van der Waals surface area contributed by atoms with Crippen molar-refractivity contribution in [1.82, 2.24) is 0 Å². The second-order valence-electron chi connectivity index (χ2n) is 6.54. The summed E-state index contributed by atoms with van der Waals surface area (Å²) in [6, 6.07) is 17.7. The van der Waals surface area contributed by atoms with Crippen LogP contribution in [0.15, 0.2) is 84.4 Å². The molecule has 1 atom stereocenters. The molecule has 0 aromatic heterocycles. The summed E-state index contributed by atoms with van der Waals surface area (Å²) in [5.74, 6) is -3.62. The van der Waals surface area contributed by atoms with Crippen molar-refractivity contribution in [3.05, 3.63) is 107 Å². The highest BCUT2D eigenvalue weighted by Gasteiger charge is 2.47. The number of aliphatic hydroxyl groups is 1. The monoisotopic (exact) mass is 391 g/mol. The first-order valence-corrected chi connectivity index (χ1v) is 8.85. The fraction of sp³-hybridized carbons (Fsp3) is 0.0435. The van der Waals surface area contributed by atoms with Gasteiger partial charge in [-0.2, -0.15) is 0 Å². The number of benzene rings is 3. The van der Waals surface area contributed by atoms with Gasteiger partial charge < -0.3 is 5.11 Å². The molecule has 3 aromatic rings. The quantitative estimate of drug-likeness (QED) is 0.404. The molecule has 3 aromatic carbocycles. The maximum Gasteiger partial charge on any atom is 0.300 e. The summed E-state index contributed by atoms with van der Waals surface area (Å²) in [6.07, 6.45) is 0. The Morgan fingerprint density at radius 3 is 2.24 bits per heavy atom. The number of hydrogen-bond donors (Lipinski definition) is 1. The average molecular weight is 391 g/mol. The van der Waals surface area contributed by atoms with E-state index >= 15 is 0 Å². The predicted molar refractivity (Wildman–Crippen MR) is 104 cm³/mol. The van der Waals surface area contributed by atoms with Gasteiger partial charge in [0, 0.05) is 16.8 Å². The Kier molecular flexibility index (Phi) is 4.68. The lowest BCUT2D eigenvalue weighted by Crippen LogP contribution is -2.30. The molecule has 4 rings (SSSR count). The zero-order valence-corrected chi connectivity index (χ0v) is 15.0. The van der Waals surface area contributed by atoms with E-state index in [0.29, 0.717) is 5.56 Å². The molecule has 1 N–H and O–H groups in total. The van der Waals surface area contributed by atoms with Crippen LogP contribution in [0.1, 0.15) is 17.2 Å². The summed E-state index contributed by atoms with van der Waals surface area (Å²) in [6.45, 7) is 0. The van der Waals surface area contributed by atoms with E-state index < -0.39 is 35.1 Å². The summed E-state index contributed by atoms with van der Waals surface area (Å²) >= 11 is 0. The van der Waals surface area contributed by atoms with E-state index in [1.54, 1.807) is 36.4 Å². The molecule has 0 bridgehead atoms. The van der Waals surface area contributed by atoms with Gasteiger partial charge in [-0.05, 0) is 24.3 Å². The van der Waals surface area contributed by atoms with E-state index in [2.05, 4.69) is 0 Å². The minimum absolute atomic E-state index is 0.0217. The second-order valence-corrected chi connectivity index (χ2v) is 6.54. The Labute approximate surface area is 165 Å². The van der Waals surface area contributed by atoms with Crippen LogP contribution >= 0.6 is 0 Å². The number of halogens is 2. The Hall–Kier alpha value is -3.80. The normalized spacial score (nSPS) is 18.3. The Morgan fingerprint density at radius 1 is 0.862 bits per heavy atom. The van der Waals surface area contributed by atoms with Crippen molar-refractivity contribution in [2.75, 3.05) is 4.90 Å². The number of nitrogens with zero attached hydrogens (tertiary/aromatic N) is 1. The zero-order valence-electron chi connectivity index (χ0n) is 15.0. The van der Waals surface area contributed by atoms with E-state index in [9.17, 15) is 23.5 Å². The predicted octanol–water partition coefficient (Wildman–Crippen LogP) is 4.59. The highest BCUT2D eigenvalue weighted by atomic mass is 19.1. The number of carbonyl (C=O) groups is 2. The van der Waals surface area contributed by atoms with Crippen LogP contribution in [0.25, 0.3) is 5.76 Å². The van der Waals surface area contributed by atoms with Crippen molar-refractivity contribution in [3.8, 4) is 0 Å². The van der Waals surface area contributed by atoms with Gasteiger partial charge >= 0.3 is 0 Å². The summed E-state index contributed by atoms with van der Waals surface area (Å²) in [7, 11) is 0. The van der Waals surface area contributed by atoms with Gasteiger partial charge in [-0.25, -0.2) is 8.78 Å². The minimum atomic E-state index is -1.24. The number of aliphatic hydroxyl groups excluding tert-OH is 1. The Balaban J connectivity index is 1.99. The zero-order chi connectivity index (χ0) is 20.5. The summed E-state index contributed by atoms with van der Waals surface area (Å²) in [4.78, 5) is 26.7. The average Bonchev–Trinajstić information content (AvgIpc) is 2.99. The van der Waals surface area contributed by atoms with Crippen LogP contribution in [-0.2, 0) is 9.59 Å². The first-order valence-electron chi connectivity index (χ1n) is 8.85. The molecule has 1 aliphatic heterocycles. The van der Waals surface area contributed by atoms with Gasteiger partial charge in [0.2, 0.25) is 0 Å². The van der Waals surface area contributed by atoms with Gasteiger partial charge in [0.1, 0.15) is 17.4 Å². The lowest BCUT2D eigenvalue weighted by molar-refractivity contribution is -0.132. The fourth-order valence-corrected chi connectivity index (χ4v) is 3.47. The Bertz CT molecular complexity index is 1140. The molecule has 1 fully saturated rings. The van der Waals surface area contributed by atoms with Crippen molar-refractivity contribution in [2.24, 2.45) is 0 Å². The lowest BCUT2D eigenvalue weighted by atomic mass is 9.94. The fourth-order valence-electron chi connectivity index (χ4n) is 3.47. The third kappa shape index (κ3) is 3.18. The highest BCUT2D eigenvalue weighted by molar-refractivity contribution is 6.51. The van der Waals surface area contributed by atoms with Gasteiger partial charge in [-0.1, -0.05) is 54.6 Å². The Morgan fingerprint density at radius 2 is 1.55 bits per heavy atom. The minimum Gasteiger partial charge on any atom is -0.507 e. The molecular formula is C23H15F2NO3. The number of amides is 1. The maximum absolute atomic E-state index is 14.7. The standard InChI is InChI=1S/C23H15F2NO3/c24-15-9-6-10-16(13-15)26-20(17-11-4-5-12-18(17)25)19(22(28)23(26)29)21(27)14-7-2-1-3-8-14/h1-13,20,27H/b21-19+. The molecule has 1 saturated heterocycles. The summed E-state index contributed by atoms with van der Waals surface area (Å²) in [5, 5.41) is 10.8. The molecular weight excluding hydrogens is 376 g/mol. The second kappa shape index (κ2) is 7.31. The molecule has 1 amide bonds. The molecule has 0 spiro atoms. The third-order valence-corrected chi connectivity index (χ3v) is 4.78. The van der Waals surface area contributed by atoms with Crippen LogP contribution in [0.3, 0.4) is 0 Å². The van der Waals surface area contributed by atoms with E-state index in [1.165, 1.54) is 36.4 Å². The largest absolute Gasteiger partial charge is 0.507 e. The number of ketones is 1. The number of anilines is 1. The van der Waals surface area contributed by atoms with Crippen molar-refractivity contribution >= 4 is 23.1 Å². The number of Topliss-reactive ketones (excluding diaryl/α,β-unsaturated/α-hetero) is 1. The van der Waals surface area contributed by atoms with Crippen LogP contribution in [0, 0.1) is 11.6 Å². The van der Waals surface area contributed by atoms with Crippen LogP contribution in [0.5, 0.6) is 0 Å². The first kappa shape index (κ1) is 18.6. The third-order valence-electron chi connectivity index (χ3n) is 4.78. The lowest BCUT2D eigenvalue weighted by Gasteiger charge is -2.25. The van der Waals surface area contributed by atoms with E-state index in [4.69, 9.17) is 0 Å². The number of carbonyl (C=O) groups excluding carboxylic acids is 2. The summed E-state index contributed by atoms with van der Waals surface area (Å²) < 4.78 is 28.5. The summed E-state index contributed by atoms with van der Waals surface area (Å²) in [5.41, 5.74) is 0.169. The SMILES string of the molecule is O=C1C(=O)N(c2cccc(F)c2)C(c2ccccc2F)/C1=C(\O)c1ccccc1. The molecule has 0 aliphatic carbocycles. The molecule has 1 unspecified atom stereocenters. The molecule has 144 valence electrons. The van der Waals surface area contributed by atoms with Gasteiger partial charge in [0.25, 0.3) is 11.7 Å². The smallest absolute Gasteiger partial charge is 0.300 e. The number of rotatable bonds is 3. The van der Waals surface area contributed by atoms with Crippen molar-refractivity contribution in [3.63, 3.8) is 0 Å². The molecule has 29 heavy (non-hydrogen) atoms. The van der Waals surface area contributed by atoms with Crippen molar-refractivity contribution in [2.45, 2.75) is 6.04 Å².